The molecular weight excluding hydrogens is 402 g/mol. The van der Waals surface area contributed by atoms with Crippen LogP contribution in [0.3, 0.4) is 0 Å². The van der Waals surface area contributed by atoms with Crippen molar-refractivity contribution in [2.24, 2.45) is 0 Å². The van der Waals surface area contributed by atoms with E-state index in [-0.39, 0.29) is 36.0 Å². The van der Waals surface area contributed by atoms with E-state index in [1.807, 2.05) is 19.9 Å². The predicted octanol–water partition coefficient (Wildman–Crippen LogP) is 3.13. The lowest BCUT2D eigenvalue weighted by molar-refractivity contribution is -0.139. The molecule has 0 spiro atoms. The van der Waals surface area contributed by atoms with E-state index in [2.05, 4.69) is 15.8 Å². The molecule has 2 heterocycles. The maximum Gasteiger partial charge on any atom is 0.344 e. The van der Waals surface area contributed by atoms with Crippen LogP contribution in [0.1, 0.15) is 60.1 Å². The molecule has 0 aliphatic carbocycles. The fourth-order valence-electron chi connectivity index (χ4n) is 3.32. The summed E-state index contributed by atoms with van der Waals surface area (Å²) in [7, 11) is 0. The van der Waals surface area contributed by atoms with Crippen molar-refractivity contribution in [2.45, 2.75) is 39.7 Å². The lowest BCUT2D eigenvalue weighted by atomic mass is 9.95. The standard InChI is InChI=1S/C22H25N3O6/c1-5-29-21(27)17-15(23-22(28)24-18(17)14-9-7-6-8-10-14)11-30-20(26)16-13(4)25-31-19(16)12(2)3/h6-10,12,18H,5,11H2,1-4H3,(H2,23,24,28)/t18-/m0/s1. The maximum absolute atomic E-state index is 12.7. The van der Waals surface area contributed by atoms with Gasteiger partial charge < -0.3 is 24.6 Å². The summed E-state index contributed by atoms with van der Waals surface area (Å²) >= 11 is 0. The largest absolute Gasteiger partial charge is 0.463 e. The van der Waals surface area contributed by atoms with Gasteiger partial charge in [-0.15, -0.1) is 0 Å². The third-order valence-electron chi connectivity index (χ3n) is 4.75. The first kappa shape index (κ1) is 22.1. The maximum atomic E-state index is 12.7. The van der Waals surface area contributed by atoms with Crippen LogP contribution in [0.15, 0.2) is 46.1 Å². The second-order valence-corrected chi connectivity index (χ2v) is 7.29. The van der Waals surface area contributed by atoms with Crippen molar-refractivity contribution in [3.63, 3.8) is 0 Å². The normalized spacial score (nSPS) is 16.0. The monoisotopic (exact) mass is 427 g/mol. The zero-order chi connectivity index (χ0) is 22.5. The highest BCUT2D eigenvalue weighted by Gasteiger charge is 2.34. The first-order valence-corrected chi connectivity index (χ1v) is 9.99. The summed E-state index contributed by atoms with van der Waals surface area (Å²) in [5, 5.41) is 9.14. The highest BCUT2D eigenvalue weighted by atomic mass is 16.5. The van der Waals surface area contributed by atoms with E-state index in [1.165, 1.54) is 0 Å². The van der Waals surface area contributed by atoms with Crippen LogP contribution in [0.25, 0.3) is 0 Å². The Morgan fingerprint density at radius 1 is 1.16 bits per heavy atom. The number of hydrogen-bond donors (Lipinski definition) is 2. The first-order valence-electron chi connectivity index (χ1n) is 9.99. The molecule has 1 aromatic carbocycles. The first-order chi connectivity index (χ1) is 14.8. The summed E-state index contributed by atoms with van der Waals surface area (Å²) in [6, 6.07) is 7.74. The molecule has 2 aromatic rings. The zero-order valence-electron chi connectivity index (χ0n) is 17.9. The molecule has 0 bridgehead atoms. The number of rotatable bonds is 7. The molecule has 2 amide bonds. The Labute approximate surface area is 179 Å². The molecule has 1 atom stereocenters. The minimum absolute atomic E-state index is 0.0703. The lowest BCUT2D eigenvalue weighted by Gasteiger charge is -2.29. The Morgan fingerprint density at radius 3 is 2.52 bits per heavy atom. The fraction of sp³-hybridized carbons (Fsp3) is 0.364. The number of amides is 2. The van der Waals surface area contributed by atoms with E-state index >= 15 is 0 Å². The van der Waals surface area contributed by atoms with E-state index in [0.29, 0.717) is 17.0 Å². The summed E-state index contributed by atoms with van der Waals surface area (Å²) in [6.07, 6.45) is 0. The number of benzene rings is 1. The SMILES string of the molecule is CCOC(=O)C1=C(COC(=O)c2c(C)noc2C(C)C)NC(=O)N[C@H]1c1ccccc1. The molecule has 1 aliphatic heterocycles. The topological polar surface area (TPSA) is 120 Å². The molecular formula is C22H25N3O6. The summed E-state index contributed by atoms with van der Waals surface area (Å²) in [5.41, 5.74) is 1.68. The summed E-state index contributed by atoms with van der Waals surface area (Å²) in [4.78, 5) is 37.8. The molecule has 0 saturated carbocycles. The van der Waals surface area contributed by atoms with Crippen molar-refractivity contribution in [1.29, 1.82) is 0 Å². The van der Waals surface area contributed by atoms with Gasteiger partial charge in [-0.1, -0.05) is 49.3 Å². The van der Waals surface area contributed by atoms with Gasteiger partial charge in [0.05, 0.1) is 29.6 Å². The highest BCUT2D eigenvalue weighted by molar-refractivity contribution is 5.96. The Hall–Kier alpha value is -3.62. The van der Waals surface area contributed by atoms with Gasteiger partial charge in [0.1, 0.15) is 12.2 Å². The Bertz CT molecular complexity index is 1010. The number of aryl methyl sites for hydroxylation is 1. The van der Waals surface area contributed by atoms with Crippen LogP contribution in [-0.4, -0.2) is 36.3 Å². The van der Waals surface area contributed by atoms with Gasteiger partial charge in [0.2, 0.25) is 0 Å². The molecule has 31 heavy (non-hydrogen) atoms. The molecule has 164 valence electrons. The van der Waals surface area contributed by atoms with Gasteiger partial charge in [-0.25, -0.2) is 14.4 Å². The molecule has 1 aromatic heterocycles. The molecule has 0 fully saturated rings. The van der Waals surface area contributed by atoms with Gasteiger partial charge in [0.25, 0.3) is 0 Å². The van der Waals surface area contributed by atoms with Gasteiger partial charge in [0, 0.05) is 5.92 Å². The minimum Gasteiger partial charge on any atom is -0.463 e. The number of ether oxygens (including phenoxy) is 2. The number of nitrogens with zero attached hydrogens (tertiary/aromatic N) is 1. The van der Waals surface area contributed by atoms with Crippen LogP contribution in [-0.2, 0) is 14.3 Å². The van der Waals surface area contributed by atoms with Crippen LogP contribution in [0.5, 0.6) is 0 Å². The second-order valence-electron chi connectivity index (χ2n) is 7.29. The van der Waals surface area contributed by atoms with E-state index in [0.717, 1.165) is 0 Å². The smallest absolute Gasteiger partial charge is 0.344 e. The van der Waals surface area contributed by atoms with Crippen molar-refractivity contribution in [3.8, 4) is 0 Å². The molecule has 0 radical (unpaired) electrons. The van der Waals surface area contributed by atoms with Gasteiger partial charge in [-0.2, -0.15) is 0 Å². The van der Waals surface area contributed by atoms with Gasteiger partial charge in [0.15, 0.2) is 5.76 Å². The summed E-state index contributed by atoms with van der Waals surface area (Å²) in [5.74, 6) is -0.918. The Kier molecular flexibility index (Phi) is 6.74. The molecule has 0 unspecified atom stereocenters. The number of hydrogen-bond acceptors (Lipinski definition) is 7. The van der Waals surface area contributed by atoms with Crippen LogP contribution in [0, 0.1) is 6.92 Å². The number of nitrogens with one attached hydrogen (secondary N) is 2. The Morgan fingerprint density at radius 2 is 1.87 bits per heavy atom. The molecule has 3 rings (SSSR count). The lowest BCUT2D eigenvalue weighted by Crippen LogP contribution is -2.47. The van der Waals surface area contributed by atoms with E-state index in [4.69, 9.17) is 14.0 Å². The third-order valence-corrected chi connectivity index (χ3v) is 4.75. The number of carbonyl (C=O) groups excluding carboxylic acids is 3. The van der Waals surface area contributed by atoms with Gasteiger partial charge in [-0.3, -0.25) is 0 Å². The molecule has 2 N–H and O–H groups in total. The van der Waals surface area contributed by atoms with Crippen molar-refractivity contribution in [2.75, 3.05) is 13.2 Å². The summed E-state index contributed by atoms with van der Waals surface area (Å²) < 4.78 is 15.9. The zero-order valence-corrected chi connectivity index (χ0v) is 17.9. The van der Waals surface area contributed by atoms with Crippen molar-refractivity contribution in [1.82, 2.24) is 15.8 Å². The fourth-order valence-corrected chi connectivity index (χ4v) is 3.32. The predicted molar refractivity (Wildman–Crippen MR) is 110 cm³/mol. The molecule has 9 heteroatoms. The minimum atomic E-state index is -0.744. The van der Waals surface area contributed by atoms with Crippen LogP contribution >= 0.6 is 0 Å². The number of urea groups is 1. The average Bonchev–Trinajstić information content (AvgIpc) is 3.14. The van der Waals surface area contributed by atoms with Crippen molar-refractivity contribution in [3.05, 3.63) is 64.2 Å². The number of aromatic nitrogens is 1. The number of esters is 2. The van der Waals surface area contributed by atoms with E-state index in [9.17, 15) is 14.4 Å². The second kappa shape index (κ2) is 9.46. The summed E-state index contributed by atoms with van der Waals surface area (Å²) in [6.45, 7) is 6.90. The van der Waals surface area contributed by atoms with Crippen molar-refractivity contribution >= 4 is 18.0 Å². The quantitative estimate of drug-likeness (QED) is 0.651. The highest BCUT2D eigenvalue weighted by Crippen LogP contribution is 2.28. The number of carbonyl (C=O) groups is 3. The van der Waals surface area contributed by atoms with Gasteiger partial charge in [-0.05, 0) is 19.4 Å². The Balaban J connectivity index is 1.93. The molecule has 0 saturated heterocycles. The van der Waals surface area contributed by atoms with Crippen LogP contribution < -0.4 is 10.6 Å². The average molecular weight is 427 g/mol. The van der Waals surface area contributed by atoms with Crippen LogP contribution in [0.4, 0.5) is 4.79 Å². The molecule has 9 nitrogen and oxygen atoms in total. The van der Waals surface area contributed by atoms with Crippen molar-refractivity contribution < 1.29 is 28.4 Å². The third kappa shape index (κ3) is 4.76. The van der Waals surface area contributed by atoms with E-state index < -0.39 is 24.0 Å². The van der Waals surface area contributed by atoms with Crippen LogP contribution in [0.2, 0.25) is 0 Å². The van der Waals surface area contributed by atoms with E-state index in [1.54, 1.807) is 38.1 Å². The van der Waals surface area contributed by atoms with Gasteiger partial charge >= 0.3 is 18.0 Å². The molecule has 1 aliphatic rings.